The first-order valence-corrected chi connectivity index (χ1v) is 10.9. The first kappa shape index (κ1) is 22.6. The standard InChI is InChI=1S/C24H27FN6O2/c25-17-5-1-4-16(12-17)21-7-3-11-31(21)22(26)9-10-24-28-14-20(30-24)19-6-2-8-23(29-19)27-13-18(33)15-32/h1-2,4-6,8-10,12,14,18,21,26,32-33H,3,7,11,13,15H2,(H,27,29)(H,28,30)/t18-,21?/m0/s1. The fourth-order valence-corrected chi connectivity index (χ4v) is 3.89. The molecule has 5 N–H and O–H groups in total. The number of pyridine rings is 1. The van der Waals surface area contributed by atoms with E-state index in [1.165, 1.54) is 6.07 Å². The van der Waals surface area contributed by atoms with Crippen molar-refractivity contribution in [2.24, 2.45) is 0 Å². The van der Waals surface area contributed by atoms with E-state index in [0.717, 1.165) is 24.9 Å². The van der Waals surface area contributed by atoms with E-state index in [1.54, 1.807) is 36.5 Å². The van der Waals surface area contributed by atoms with Crippen LogP contribution in [0.25, 0.3) is 17.5 Å². The summed E-state index contributed by atoms with van der Waals surface area (Å²) in [5.74, 6) is 1.26. The van der Waals surface area contributed by atoms with Crippen LogP contribution in [0.15, 0.2) is 54.7 Å². The number of imidazole rings is 1. The van der Waals surface area contributed by atoms with Crippen LogP contribution in [0.5, 0.6) is 0 Å². The Bertz CT molecular complexity index is 1130. The first-order valence-electron chi connectivity index (χ1n) is 10.9. The molecule has 0 saturated carbocycles. The zero-order valence-corrected chi connectivity index (χ0v) is 18.1. The molecule has 0 spiro atoms. The summed E-state index contributed by atoms with van der Waals surface area (Å²) in [7, 11) is 0. The van der Waals surface area contributed by atoms with Crippen molar-refractivity contribution in [3.63, 3.8) is 0 Å². The number of amidine groups is 1. The van der Waals surface area contributed by atoms with Crippen LogP contribution >= 0.6 is 0 Å². The van der Waals surface area contributed by atoms with Crippen LogP contribution in [0, 0.1) is 11.2 Å². The van der Waals surface area contributed by atoms with E-state index in [1.807, 2.05) is 23.1 Å². The molecule has 33 heavy (non-hydrogen) atoms. The van der Waals surface area contributed by atoms with Gasteiger partial charge >= 0.3 is 0 Å². The molecular formula is C24H27FN6O2. The van der Waals surface area contributed by atoms with Crippen LogP contribution < -0.4 is 5.32 Å². The van der Waals surface area contributed by atoms with Crippen molar-refractivity contribution in [3.05, 3.63) is 71.9 Å². The summed E-state index contributed by atoms with van der Waals surface area (Å²) in [6, 6.07) is 12.0. The zero-order chi connectivity index (χ0) is 23.2. The molecule has 1 fully saturated rings. The summed E-state index contributed by atoms with van der Waals surface area (Å²) < 4.78 is 13.7. The number of rotatable bonds is 8. The number of aliphatic hydroxyl groups excluding tert-OH is 2. The summed E-state index contributed by atoms with van der Waals surface area (Å²) >= 11 is 0. The third kappa shape index (κ3) is 5.63. The van der Waals surface area contributed by atoms with Gasteiger partial charge in [0.1, 0.15) is 23.3 Å². The van der Waals surface area contributed by atoms with Gasteiger partial charge in [-0.2, -0.15) is 0 Å². The van der Waals surface area contributed by atoms with Crippen molar-refractivity contribution in [2.45, 2.75) is 25.0 Å². The van der Waals surface area contributed by atoms with Gasteiger partial charge in [-0.15, -0.1) is 0 Å². The zero-order valence-electron chi connectivity index (χ0n) is 18.1. The van der Waals surface area contributed by atoms with E-state index in [-0.39, 0.29) is 25.0 Å². The summed E-state index contributed by atoms with van der Waals surface area (Å²) in [6.45, 7) is 0.625. The number of halogens is 1. The lowest BCUT2D eigenvalue weighted by Gasteiger charge is -2.26. The molecule has 1 unspecified atom stereocenters. The minimum absolute atomic E-state index is 0.00574. The van der Waals surface area contributed by atoms with Crippen LogP contribution in [0.4, 0.5) is 10.2 Å². The van der Waals surface area contributed by atoms with Gasteiger partial charge in [0, 0.05) is 13.1 Å². The highest BCUT2D eigenvalue weighted by Crippen LogP contribution is 2.32. The molecule has 2 aromatic heterocycles. The number of nitrogens with zero attached hydrogens (tertiary/aromatic N) is 3. The van der Waals surface area contributed by atoms with Gasteiger partial charge in [0.25, 0.3) is 0 Å². The number of aromatic amines is 1. The first-order chi connectivity index (χ1) is 16.0. The largest absolute Gasteiger partial charge is 0.394 e. The van der Waals surface area contributed by atoms with Crippen LogP contribution in [0.1, 0.15) is 30.3 Å². The Morgan fingerprint density at radius 3 is 3.00 bits per heavy atom. The number of aliphatic hydroxyl groups is 2. The monoisotopic (exact) mass is 450 g/mol. The highest BCUT2D eigenvalue weighted by atomic mass is 19.1. The maximum atomic E-state index is 13.7. The number of hydrogen-bond acceptors (Lipinski definition) is 6. The Hall–Kier alpha value is -3.56. The molecule has 3 heterocycles. The Balaban J connectivity index is 1.42. The summed E-state index contributed by atoms with van der Waals surface area (Å²) in [4.78, 5) is 14.0. The van der Waals surface area contributed by atoms with Gasteiger partial charge < -0.3 is 25.4 Å². The second kappa shape index (κ2) is 10.4. The molecule has 8 nitrogen and oxygen atoms in total. The topological polar surface area (TPSA) is 121 Å². The van der Waals surface area contributed by atoms with Gasteiger partial charge in [-0.3, -0.25) is 5.41 Å². The van der Waals surface area contributed by atoms with Crippen molar-refractivity contribution in [1.82, 2.24) is 19.9 Å². The van der Waals surface area contributed by atoms with Gasteiger partial charge in [-0.25, -0.2) is 14.4 Å². The van der Waals surface area contributed by atoms with Crippen molar-refractivity contribution >= 4 is 17.7 Å². The average molecular weight is 451 g/mol. The molecule has 0 aliphatic carbocycles. The molecule has 1 aliphatic rings. The van der Waals surface area contributed by atoms with Gasteiger partial charge in [-0.05, 0) is 54.8 Å². The second-order valence-electron chi connectivity index (χ2n) is 7.93. The van der Waals surface area contributed by atoms with E-state index in [2.05, 4.69) is 20.3 Å². The fourth-order valence-electron chi connectivity index (χ4n) is 3.89. The Morgan fingerprint density at radius 2 is 2.18 bits per heavy atom. The lowest BCUT2D eigenvalue weighted by Crippen LogP contribution is -2.28. The van der Waals surface area contributed by atoms with Crippen LogP contribution in [0.3, 0.4) is 0 Å². The van der Waals surface area contributed by atoms with Gasteiger partial charge in [0.2, 0.25) is 0 Å². The highest BCUT2D eigenvalue weighted by molar-refractivity contribution is 5.94. The highest BCUT2D eigenvalue weighted by Gasteiger charge is 2.27. The fraction of sp³-hybridized carbons (Fsp3) is 0.292. The predicted molar refractivity (Wildman–Crippen MR) is 125 cm³/mol. The molecule has 1 saturated heterocycles. The maximum absolute atomic E-state index is 13.7. The molecule has 2 atom stereocenters. The van der Waals surface area contributed by atoms with Crippen molar-refractivity contribution in [3.8, 4) is 11.4 Å². The molecule has 172 valence electrons. The minimum atomic E-state index is -0.856. The van der Waals surface area contributed by atoms with E-state index in [4.69, 9.17) is 10.5 Å². The molecule has 4 rings (SSSR count). The van der Waals surface area contributed by atoms with Gasteiger partial charge in [0.05, 0.1) is 36.3 Å². The molecule has 9 heteroatoms. The van der Waals surface area contributed by atoms with Crippen molar-refractivity contribution in [1.29, 1.82) is 5.41 Å². The smallest absolute Gasteiger partial charge is 0.130 e. The van der Waals surface area contributed by atoms with Crippen LogP contribution in [-0.2, 0) is 0 Å². The van der Waals surface area contributed by atoms with Crippen molar-refractivity contribution < 1.29 is 14.6 Å². The number of aromatic nitrogens is 3. The molecule has 3 aromatic rings. The predicted octanol–water partition coefficient (Wildman–Crippen LogP) is 3.20. The molecular weight excluding hydrogens is 423 g/mol. The van der Waals surface area contributed by atoms with Crippen LogP contribution in [-0.4, -0.2) is 61.7 Å². The van der Waals surface area contributed by atoms with E-state index in [9.17, 15) is 9.50 Å². The number of benzene rings is 1. The summed E-state index contributed by atoms with van der Waals surface area (Å²) in [5, 5.41) is 29.9. The summed E-state index contributed by atoms with van der Waals surface area (Å²) in [6.07, 6.45) is 6.09. The van der Waals surface area contributed by atoms with Gasteiger partial charge in [-0.1, -0.05) is 18.2 Å². The van der Waals surface area contributed by atoms with E-state index < -0.39 is 6.10 Å². The molecule has 1 aromatic carbocycles. The molecule has 1 aliphatic heterocycles. The van der Waals surface area contributed by atoms with E-state index in [0.29, 0.717) is 28.9 Å². The SMILES string of the molecule is N=C(C=Cc1ncc(-c2cccc(NC[C@H](O)CO)n2)[nH]1)N1CCCC1c1cccc(F)c1. The molecule has 0 radical (unpaired) electrons. The number of nitrogens with one attached hydrogen (secondary N) is 3. The Labute approximate surface area is 191 Å². The number of anilines is 1. The molecule has 0 amide bonds. The normalized spacial score (nSPS) is 16.9. The number of H-pyrrole nitrogens is 1. The third-order valence-corrected chi connectivity index (χ3v) is 5.54. The summed E-state index contributed by atoms with van der Waals surface area (Å²) in [5.41, 5.74) is 2.27. The average Bonchev–Trinajstić information content (AvgIpc) is 3.51. The maximum Gasteiger partial charge on any atom is 0.130 e. The number of hydrogen-bond donors (Lipinski definition) is 5. The van der Waals surface area contributed by atoms with E-state index >= 15 is 0 Å². The van der Waals surface area contributed by atoms with Crippen LogP contribution in [0.2, 0.25) is 0 Å². The lowest BCUT2D eigenvalue weighted by atomic mass is 10.0. The molecule has 0 bridgehead atoms. The quantitative estimate of drug-likeness (QED) is 0.265. The minimum Gasteiger partial charge on any atom is -0.394 e. The lowest BCUT2D eigenvalue weighted by molar-refractivity contribution is 0.105. The number of likely N-dealkylation sites (tertiary alicyclic amines) is 1. The second-order valence-corrected chi connectivity index (χ2v) is 7.93. The van der Waals surface area contributed by atoms with Crippen molar-refractivity contribution in [2.75, 3.05) is 25.0 Å². The van der Waals surface area contributed by atoms with Gasteiger partial charge in [0.15, 0.2) is 0 Å². The Kier molecular flexibility index (Phi) is 7.11. The third-order valence-electron chi connectivity index (χ3n) is 5.54. The Morgan fingerprint density at radius 1 is 1.33 bits per heavy atom.